The van der Waals surface area contributed by atoms with Crippen LogP contribution in [0.1, 0.15) is 13.8 Å². The molecule has 1 atom stereocenters. The fourth-order valence-corrected chi connectivity index (χ4v) is 2.41. The van der Waals surface area contributed by atoms with Crippen LogP contribution in [0, 0.1) is 5.92 Å². The number of nitrogens with zero attached hydrogens (tertiary/aromatic N) is 3. The van der Waals surface area contributed by atoms with Crippen molar-refractivity contribution in [3.05, 3.63) is 18.5 Å². The molecule has 2 rings (SSSR count). The van der Waals surface area contributed by atoms with Crippen LogP contribution in [0.25, 0.3) is 0 Å². The third kappa shape index (κ3) is 4.94. The number of hydrogen-bond acceptors (Lipinski definition) is 4. The maximum Gasteiger partial charge on any atom is 0.241 e. The van der Waals surface area contributed by atoms with Crippen LogP contribution in [0.5, 0.6) is 0 Å². The van der Waals surface area contributed by atoms with E-state index in [1.54, 1.807) is 23.1 Å². The SMILES string of the molecule is CC(C)CN1CCOC(CNC(=O)Cn2cccn2)C1. The summed E-state index contributed by atoms with van der Waals surface area (Å²) in [5.74, 6) is 0.626. The van der Waals surface area contributed by atoms with Gasteiger partial charge in [-0.2, -0.15) is 5.10 Å². The van der Waals surface area contributed by atoms with E-state index in [2.05, 4.69) is 29.2 Å². The van der Waals surface area contributed by atoms with Gasteiger partial charge in [-0.15, -0.1) is 0 Å². The molecular weight excluding hydrogens is 256 g/mol. The van der Waals surface area contributed by atoms with Crippen LogP contribution in [0.3, 0.4) is 0 Å². The van der Waals surface area contributed by atoms with E-state index >= 15 is 0 Å². The third-order valence-electron chi connectivity index (χ3n) is 3.24. The first-order valence-corrected chi connectivity index (χ1v) is 7.21. The van der Waals surface area contributed by atoms with E-state index in [4.69, 9.17) is 4.74 Å². The van der Waals surface area contributed by atoms with Gasteiger partial charge in [-0.3, -0.25) is 14.4 Å². The Morgan fingerprint density at radius 2 is 2.40 bits per heavy atom. The summed E-state index contributed by atoms with van der Waals surface area (Å²) in [7, 11) is 0. The van der Waals surface area contributed by atoms with E-state index in [9.17, 15) is 4.79 Å². The van der Waals surface area contributed by atoms with Crippen molar-refractivity contribution in [2.24, 2.45) is 5.92 Å². The highest BCUT2D eigenvalue weighted by atomic mass is 16.5. The molecular formula is C14H24N4O2. The lowest BCUT2D eigenvalue weighted by Gasteiger charge is -2.33. The first kappa shape index (κ1) is 15.0. The molecule has 1 aromatic heterocycles. The molecule has 1 aliphatic rings. The minimum atomic E-state index is -0.0294. The number of morpholine rings is 1. The summed E-state index contributed by atoms with van der Waals surface area (Å²) in [5.41, 5.74) is 0. The van der Waals surface area contributed by atoms with Crippen LogP contribution >= 0.6 is 0 Å². The topological polar surface area (TPSA) is 59.4 Å². The Morgan fingerprint density at radius 1 is 1.55 bits per heavy atom. The average Bonchev–Trinajstić information content (AvgIpc) is 2.89. The number of carbonyl (C=O) groups excluding carboxylic acids is 1. The molecule has 0 radical (unpaired) electrons. The van der Waals surface area contributed by atoms with Gasteiger partial charge in [0.15, 0.2) is 0 Å². The number of amides is 1. The fourth-order valence-electron chi connectivity index (χ4n) is 2.41. The van der Waals surface area contributed by atoms with Gasteiger partial charge in [0.05, 0.1) is 12.7 Å². The zero-order chi connectivity index (χ0) is 14.4. The monoisotopic (exact) mass is 280 g/mol. The Hall–Kier alpha value is -1.40. The van der Waals surface area contributed by atoms with E-state index < -0.39 is 0 Å². The predicted octanol–water partition coefficient (Wildman–Crippen LogP) is 0.356. The summed E-state index contributed by atoms with van der Waals surface area (Å²) in [6.45, 7) is 8.96. The molecule has 6 heteroatoms. The zero-order valence-corrected chi connectivity index (χ0v) is 12.3. The zero-order valence-electron chi connectivity index (χ0n) is 12.3. The largest absolute Gasteiger partial charge is 0.374 e. The molecule has 1 unspecified atom stereocenters. The highest BCUT2D eigenvalue weighted by Crippen LogP contribution is 2.07. The molecule has 1 amide bonds. The Morgan fingerprint density at radius 3 is 3.10 bits per heavy atom. The van der Waals surface area contributed by atoms with E-state index in [-0.39, 0.29) is 18.6 Å². The maximum atomic E-state index is 11.8. The molecule has 20 heavy (non-hydrogen) atoms. The molecule has 1 aliphatic heterocycles. The molecule has 1 aromatic rings. The molecule has 0 aromatic carbocycles. The highest BCUT2D eigenvalue weighted by Gasteiger charge is 2.21. The first-order valence-electron chi connectivity index (χ1n) is 7.21. The van der Waals surface area contributed by atoms with Crippen molar-refractivity contribution < 1.29 is 9.53 Å². The predicted molar refractivity (Wildman–Crippen MR) is 76.3 cm³/mol. The molecule has 1 fully saturated rings. The van der Waals surface area contributed by atoms with Crippen LogP contribution in [-0.4, -0.2) is 59.5 Å². The van der Waals surface area contributed by atoms with Crippen LogP contribution in [0.4, 0.5) is 0 Å². The van der Waals surface area contributed by atoms with Crippen molar-refractivity contribution >= 4 is 5.91 Å². The summed E-state index contributed by atoms with van der Waals surface area (Å²) >= 11 is 0. The maximum absolute atomic E-state index is 11.8. The first-order chi connectivity index (χ1) is 9.63. The highest BCUT2D eigenvalue weighted by molar-refractivity contribution is 5.75. The van der Waals surface area contributed by atoms with E-state index in [0.717, 1.165) is 26.2 Å². The summed E-state index contributed by atoms with van der Waals surface area (Å²) in [6, 6.07) is 1.81. The van der Waals surface area contributed by atoms with Crippen molar-refractivity contribution in [3.8, 4) is 0 Å². The van der Waals surface area contributed by atoms with Crippen LogP contribution in [0.2, 0.25) is 0 Å². The molecule has 1 saturated heterocycles. The molecule has 0 aliphatic carbocycles. The van der Waals surface area contributed by atoms with Gasteiger partial charge in [0.2, 0.25) is 5.91 Å². The minimum absolute atomic E-state index is 0.0294. The van der Waals surface area contributed by atoms with Crippen LogP contribution in [-0.2, 0) is 16.1 Å². The van der Waals surface area contributed by atoms with Crippen LogP contribution < -0.4 is 5.32 Å². The second-order valence-corrected chi connectivity index (χ2v) is 5.65. The lowest BCUT2D eigenvalue weighted by Crippen LogP contribution is -2.48. The number of aromatic nitrogens is 2. The Bertz CT molecular complexity index is 405. The van der Waals surface area contributed by atoms with Gasteiger partial charge in [-0.25, -0.2) is 0 Å². The lowest BCUT2D eigenvalue weighted by molar-refractivity contribution is -0.123. The van der Waals surface area contributed by atoms with Gasteiger partial charge >= 0.3 is 0 Å². The number of hydrogen-bond donors (Lipinski definition) is 1. The Kier molecular flexibility index (Phi) is 5.55. The molecule has 0 spiro atoms. The molecule has 0 bridgehead atoms. The van der Waals surface area contributed by atoms with Crippen molar-refractivity contribution in [3.63, 3.8) is 0 Å². The van der Waals surface area contributed by atoms with E-state index in [1.165, 1.54) is 0 Å². The number of carbonyl (C=O) groups is 1. The van der Waals surface area contributed by atoms with Gasteiger partial charge < -0.3 is 10.1 Å². The number of rotatable bonds is 6. The molecule has 1 N–H and O–H groups in total. The van der Waals surface area contributed by atoms with Gasteiger partial charge in [0, 0.05) is 38.6 Å². The van der Waals surface area contributed by atoms with Crippen LogP contribution in [0.15, 0.2) is 18.5 Å². The average molecular weight is 280 g/mol. The summed E-state index contributed by atoms with van der Waals surface area (Å²) in [5, 5.41) is 6.93. The molecule has 112 valence electrons. The second kappa shape index (κ2) is 7.40. The number of nitrogens with one attached hydrogen (secondary N) is 1. The van der Waals surface area contributed by atoms with Crippen molar-refractivity contribution in [1.82, 2.24) is 20.0 Å². The smallest absolute Gasteiger partial charge is 0.241 e. The summed E-state index contributed by atoms with van der Waals surface area (Å²) < 4.78 is 7.31. The van der Waals surface area contributed by atoms with Gasteiger partial charge in [-0.1, -0.05) is 13.8 Å². The quantitative estimate of drug-likeness (QED) is 0.817. The number of ether oxygens (including phenoxy) is 1. The molecule has 0 saturated carbocycles. The Labute approximate surface area is 120 Å². The summed E-state index contributed by atoms with van der Waals surface area (Å²) in [6.07, 6.45) is 3.53. The van der Waals surface area contributed by atoms with Crippen molar-refractivity contribution in [2.45, 2.75) is 26.5 Å². The standard InChI is InChI=1S/C14H24N4O2/c1-12(2)9-17-6-7-20-13(10-17)8-15-14(19)11-18-5-3-4-16-18/h3-5,12-13H,6-11H2,1-2H3,(H,15,19). The van der Waals surface area contributed by atoms with Crippen molar-refractivity contribution in [1.29, 1.82) is 0 Å². The van der Waals surface area contributed by atoms with Gasteiger partial charge in [0.25, 0.3) is 0 Å². The van der Waals surface area contributed by atoms with Gasteiger partial charge in [-0.05, 0) is 12.0 Å². The molecule has 6 nitrogen and oxygen atoms in total. The minimum Gasteiger partial charge on any atom is -0.374 e. The Balaban J connectivity index is 1.69. The van der Waals surface area contributed by atoms with Gasteiger partial charge in [0.1, 0.15) is 6.54 Å². The molecule has 2 heterocycles. The van der Waals surface area contributed by atoms with E-state index in [0.29, 0.717) is 12.5 Å². The lowest BCUT2D eigenvalue weighted by atomic mass is 10.2. The normalized spacial score (nSPS) is 20.2. The van der Waals surface area contributed by atoms with Crippen molar-refractivity contribution in [2.75, 3.05) is 32.8 Å². The third-order valence-corrected chi connectivity index (χ3v) is 3.24. The van der Waals surface area contributed by atoms with E-state index in [1.807, 2.05) is 0 Å². The fraction of sp³-hybridized carbons (Fsp3) is 0.714. The second-order valence-electron chi connectivity index (χ2n) is 5.65. The summed E-state index contributed by atoms with van der Waals surface area (Å²) in [4.78, 5) is 14.2.